The number of nitrogens with one attached hydrogen (secondary N) is 2. The Balaban J connectivity index is 1.27. The van der Waals surface area contributed by atoms with E-state index in [1.165, 1.54) is 6.20 Å². The lowest BCUT2D eigenvalue weighted by Crippen LogP contribution is -2.42. The molecular formula is C23H24N4O4. The van der Waals surface area contributed by atoms with Crippen molar-refractivity contribution < 1.29 is 19.4 Å². The normalized spacial score (nSPS) is 22.7. The molecule has 31 heavy (non-hydrogen) atoms. The fraction of sp³-hybridized carbons (Fsp3) is 0.348. The maximum absolute atomic E-state index is 13.0. The first-order chi connectivity index (χ1) is 15.1. The number of pyridine rings is 1. The standard InChI is InChI=1S/C23H24N4O4/c28-22(26-17-5-7-23(29,8-6-17)16-2-1-9-24-13-16)18-14-25-27-21(18)15-3-4-19-20(12-15)31-11-10-30-19/h1-4,9,12-14,17,29H,5-8,10-11H2,(H,25,27)(H,26,28). The van der Waals surface area contributed by atoms with E-state index in [0.717, 1.165) is 11.1 Å². The molecule has 8 nitrogen and oxygen atoms in total. The highest BCUT2D eigenvalue weighted by molar-refractivity contribution is 6.00. The lowest BCUT2D eigenvalue weighted by atomic mass is 9.78. The summed E-state index contributed by atoms with van der Waals surface area (Å²) in [6, 6.07) is 9.30. The molecule has 1 aliphatic heterocycles. The van der Waals surface area contributed by atoms with Crippen molar-refractivity contribution in [3.8, 4) is 22.8 Å². The Morgan fingerprint density at radius 3 is 2.71 bits per heavy atom. The smallest absolute Gasteiger partial charge is 0.255 e. The molecule has 3 N–H and O–H groups in total. The average Bonchev–Trinajstić information content (AvgIpc) is 3.31. The quantitative estimate of drug-likeness (QED) is 0.599. The molecular weight excluding hydrogens is 396 g/mol. The molecule has 0 bridgehead atoms. The summed E-state index contributed by atoms with van der Waals surface area (Å²) in [7, 11) is 0. The Hall–Kier alpha value is -3.39. The maximum atomic E-state index is 13.0. The number of amides is 1. The largest absolute Gasteiger partial charge is 0.486 e. The van der Waals surface area contributed by atoms with Crippen molar-refractivity contribution in [2.24, 2.45) is 0 Å². The molecule has 0 spiro atoms. The average molecular weight is 420 g/mol. The molecule has 5 rings (SSSR count). The minimum atomic E-state index is -0.887. The highest BCUT2D eigenvalue weighted by Gasteiger charge is 2.35. The van der Waals surface area contributed by atoms with Gasteiger partial charge in [-0.1, -0.05) is 6.07 Å². The van der Waals surface area contributed by atoms with E-state index >= 15 is 0 Å². The van der Waals surface area contributed by atoms with E-state index in [-0.39, 0.29) is 11.9 Å². The van der Waals surface area contributed by atoms with Gasteiger partial charge in [0.25, 0.3) is 5.91 Å². The zero-order chi connectivity index (χ0) is 21.3. The van der Waals surface area contributed by atoms with Crippen molar-refractivity contribution in [1.82, 2.24) is 20.5 Å². The lowest BCUT2D eigenvalue weighted by molar-refractivity contribution is -0.00831. The predicted octanol–water partition coefficient (Wildman–Crippen LogP) is 2.80. The highest BCUT2D eigenvalue weighted by Crippen LogP contribution is 2.37. The lowest BCUT2D eigenvalue weighted by Gasteiger charge is -2.36. The number of carbonyl (C=O) groups is 1. The first kappa shape index (κ1) is 19.6. The van der Waals surface area contributed by atoms with Gasteiger partial charge in [-0.15, -0.1) is 0 Å². The van der Waals surface area contributed by atoms with Gasteiger partial charge in [0.15, 0.2) is 11.5 Å². The number of aliphatic hydroxyl groups is 1. The van der Waals surface area contributed by atoms with Gasteiger partial charge in [-0.2, -0.15) is 5.10 Å². The molecule has 0 unspecified atom stereocenters. The molecule has 1 aromatic carbocycles. The van der Waals surface area contributed by atoms with Crippen LogP contribution < -0.4 is 14.8 Å². The molecule has 3 heterocycles. The molecule has 2 aliphatic rings. The maximum Gasteiger partial charge on any atom is 0.255 e. The Morgan fingerprint density at radius 2 is 1.94 bits per heavy atom. The van der Waals surface area contributed by atoms with Gasteiger partial charge in [0.05, 0.1) is 23.1 Å². The third-order valence-electron chi connectivity index (χ3n) is 6.06. The van der Waals surface area contributed by atoms with Gasteiger partial charge < -0.3 is 19.9 Å². The third-order valence-corrected chi connectivity index (χ3v) is 6.06. The van der Waals surface area contributed by atoms with E-state index in [4.69, 9.17) is 9.47 Å². The topological polar surface area (TPSA) is 109 Å². The summed E-state index contributed by atoms with van der Waals surface area (Å²) in [6.07, 6.45) is 7.47. The predicted molar refractivity (Wildman–Crippen MR) is 113 cm³/mol. The zero-order valence-electron chi connectivity index (χ0n) is 17.0. The van der Waals surface area contributed by atoms with E-state index in [2.05, 4.69) is 20.5 Å². The Morgan fingerprint density at radius 1 is 1.13 bits per heavy atom. The highest BCUT2D eigenvalue weighted by atomic mass is 16.6. The Kier molecular flexibility index (Phi) is 5.07. The van der Waals surface area contributed by atoms with Crippen molar-refractivity contribution in [2.75, 3.05) is 13.2 Å². The molecule has 1 amide bonds. The molecule has 1 aliphatic carbocycles. The molecule has 0 saturated heterocycles. The summed E-state index contributed by atoms with van der Waals surface area (Å²) in [6.45, 7) is 1.03. The first-order valence-corrected chi connectivity index (χ1v) is 10.5. The second kappa shape index (κ2) is 8.03. The van der Waals surface area contributed by atoms with Gasteiger partial charge in [0.2, 0.25) is 0 Å². The van der Waals surface area contributed by atoms with Crippen LogP contribution in [-0.2, 0) is 5.60 Å². The van der Waals surface area contributed by atoms with Crippen LogP contribution in [0.5, 0.6) is 11.5 Å². The number of carbonyl (C=O) groups excluding carboxylic acids is 1. The number of ether oxygens (including phenoxy) is 2. The number of fused-ring (bicyclic) bond motifs is 1. The third kappa shape index (κ3) is 3.86. The number of aromatic amines is 1. The van der Waals surface area contributed by atoms with Crippen LogP contribution in [0.1, 0.15) is 41.6 Å². The van der Waals surface area contributed by atoms with Crippen LogP contribution in [0.2, 0.25) is 0 Å². The van der Waals surface area contributed by atoms with Crippen molar-refractivity contribution in [3.63, 3.8) is 0 Å². The van der Waals surface area contributed by atoms with Gasteiger partial charge in [-0.05, 0) is 49.9 Å². The van der Waals surface area contributed by atoms with E-state index in [9.17, 15) is 9.90 Å². The van der Waals surface area contributed by atoms with E-state index in [1.54, 1.807) is 12.4 Å². The van der Waals surface area contributed by atoms with Crippen LogP contribution in [0.25, 0.3) is 11.3 Å². The molecule has 1 saturated carbocycles. The van der Waals surface area contributed by atoms with Gasteiger partial charge in [0.1, 0.15) is 13.2 Å². The molecule has 0 atom stereocenters. The van der Waals surface area contributed by atoms with Crippen molar-refractivity contribution in [1.29, 1.82) is 0 Å². The van der Waals surface area contributed by atoms with Crippen LogP contribution in [0, 0.1) is 0 Å². The number of hydrogen-bond donors (Lipinski definition) is 3. The molecule has 2 aromatic heterocycles. The summed E-state index contributed by atoms with van der Waals surface area (Å²) in [5, 5.41) is 21.1. The van der Waals surface area contributed by atoms with Crippen LogP contribution in [0.3, 0.4) is 0 Å². The molecule has 0 radical (unpaired) electrons. The van der Waals surface area contributed by atoms with Gasteiger partial charge in [-0.25, -0.2) is 0 Å². The molecule has 160 valence electrons. The number of rotatable bonds is 4. The Labute approximate surface area is 179 Å². The van der Waals surface area contributed by atoms with Crippen molar-refractivity contribution >= 4 is 5.91 Å². The molecule has 1 fully saturated rings. The van der Waals surface area contributed by atoms with Crippen molar-refractivity contribution in [2.45, 2.75) is 37.3 Å². The van der Waals surface area contributed by atoms with E-state index < -0.39 is 5.60 Å². The van der Waals surface area contributed by atoms with Gasteiger partial charge in [0, 0.05) is 29.6 Å². The van der Waals surface area contributed by atoms with Gasteiger partial charge in [-0.3, -0.25) is 14.9 Å². The van der Waals surface area contributed by atoms with Crippen LogP contribution in [0.4, 0.5) is 0 Å². The Bertz CT molecular complexity index is 1070. The van der Waals surface area contributed by atoms with Crippen LogP contribution in [0.15, 0.2) is 48.9 Å². The zero-order valence-corrected chi connectivity index (χ0v) is 17.0. The molecule has 8 heteroatoms. The monoisotopic (exact) mass is 420 g/mol. The first-order valence-electron chi connectivity index (χ1n) is 10.5. The van der Waals surface area contributed by atoms with E-state index in [0.29, 0.717) is 61.7 Å². The fourth-order valence-corrected chi connectivity index (χ4v) is 4.31. The summed E-state index contributed by atoms with van der Waals surface area (Å²) in [5.74, 6) is 1.17. The number of benzene rings is 1. The number of hydrogen-bond acceptors (Lipinski definition) is 6. The minimum Gasteiger partial charge on any atom is -0.486 e. The number of nitrogens with zero attached hydrogens (tertiary/aromatic N) is 2. The molecule has 3 aromatic rings. The summed E-state index contributed by atoms with van der Waals surface area (Å²) in [4.78, 5) is 17.1. The summed E-state index contributed by atoms with van der Waals surface area (Å²) in [5.41, 5.74) is 1.86. The van der Waals surface area contributed by atoms with Crippen LogP contribution >= 0.6 is 0 Å². The SMILES string of the molecule is O=C(NC1CCC(O)(c2cccnc2)CC1)c1cn[nH]c1-c1ccc2c(c1)OCCO2. The van der Waals surface area contributed by atoms with Crippen LogP contribution in [-0.4, -0.2) is 45.5 Å². The number of H-pyrrole nitrogens is 1. The summed E-state index contributed by atoms with van der Waals surface area (Å²) < 4.78 is 11.2. The minimum absolute atomic E-state index is 0.00698. The second-order valence-electron chi connectivity index (χ2n) is 8.04. The van der Waals surface area contributed by atoms with E-state index in [1.807, 2.05) is 30.3 Å². The number of aromatic nitrogens is 3. The fourth-order valence-electron chi connectivity index (χ4n) is 4.31. The summed E-state index contributed by atoms with van der Waals surface area (Å²) >= 11 is 0. The second-order valence-corrected chi connectivity index (χ2v) is 8.04. The van der Waals surface area contributed by atoms with Gasteiger partial charge >= 0.3 is 0 Å². The van der Waals surface area contributed by atoms with Crippen molar-refractivity contribution in [3.05, 3.63) is 60.0 Å².